The van der Waals surface area contributed by atoms with Crippen LogP contribution in [0.1, 0.15) is 12.5 Å². The summed E-state index contributed by atoms with van der Waals surface area (Å²) in [5.41, 5.74) is 1.88. The van der Waals surface area contributed by atoms with Crippen LogP contribution in [-0.2, 0) is 5.60 Å². The molecule has 1 heterocycles. The number of nitrogens with one attached hydrogen (secondary N) is 1. The summed E-state index contributed by atoms with van der Waals surface area (Å²) in [7, 11) is 0. The number of benzene rings is 2. The van der Waals surface area contributed by atoms with E-state index in [4.69, 9.17) is 4.74 Å². The van der Waals surface area contributed by atoms with E-state index in [1.165, 1.54) is 5.56 Å². The Bertz CT molecular complexity index is 570. The fraction of sp³-hybridized carbons (Fsp3) is 0.200. The van der Waals surface area contributed by atoms with Crippen molar-refractivity contribution in [3.8, 4) is 5.75 Å². The molecule has 0 saturated carbocycles. The number of hydrogen-bond donors (Lipinski definition) is 1. The molecule has 0 spiro atoms. The van der Waals surface area contributed by atoms with Gasteiger partial charge in [-0.25, -0.2) is 0 Å². The molecule has 2 aromatic rings. The van der Waals surface area contributed by atoms with E-state index >= 15 is 0 Å². The molecule has 0 bridgehead atoms. The Morgan fingerprint density at radius 2 is 1.89 bits per heavy atom. The van der Waals surface area contributed by atoms with Crippen LogP contribution in [0.2, 0.25) is 0 Å². The highest BCUT2D eigenvalue weighted by Gasteiger charge is 2.34. The normalized spacial score (nSPS) is 21.7. The molecule has 0 amide bonds. The molecule has 0 aliphatic carbocycles. The van der Waals surface area contributed by atoms with Gasteiger partial charge in [0.1, 0.15) is 5.60 Å². The van der Waals surface area contributed by atoms with Crippen molar-refractivity contribution in [3.05, 3.63) is 58.6 Å². The number of ether oxygens (including phenoxy) is 1. The monoisotopic (exact) mass is 303 g/mol. The van der Waals surface area contributed by atoms with Crippen LogP contribution in [0, 0.1) is 0 Å². The molecule has 3 heteroatoms. The van der Waals surface area contributed by atoms with E-state index in [0.29, 0.717) is 0 Å². The Morgan fingerprint density at radius 3 is 2.67 bits per heavy atom. The zero-order valence-corrected chi connectivity index (χ0v) is 11.7. The first-order valence-electron chi connectivity index (χ1n) is 5.96. The second kappa shape index (κ2) is 4.32. The maximum Gasteiger partial charge on any atom is 0.158 e. The minimum atomic E-state index is -0.335. The Balaban J connectivity index is 2.02. The van der Waals surface area contributed by atoms with Gasteiger partial charge < -0.3 is 10.1 Å². The zero-order valence-electron chi connectivity index (χ0n) is 10.1. The van der Waals surface area contributed by atoms with Crippen molar-refractivity contribution in [2.24, 2.45) is 0 Å². The van der Waals surface area contributed by atoms with E-state index in [0.717, 1.165) is 22.5 Å². The van der Waals surface area contributed by atoms with Crippen molar-refractivity contribution in [1.29, 1.82) is 0 Å². The van der Waals surface area contributed by atoms with Crippen LogP contribution in [0.3, 0.4) is 0 Å². The van der Waals surface area contributed by atoms with Gasteiger partial charge in [0.2, 0.25) is 0 Å². The number of anilines is 1. The minimum absolute atomic E-state index is 0.335. The Hall–Kier alpha value is -1.48. The summed E-state index contributed by atoms with van der Waals surface area (Å²) in [6.45, 7) is 2.87. The van der Waals surface area contributed by atoms with Crippen molar-refractivity contribution in [3.63, 3.8) is 0 Å². The summed E-state index contributed by atoms with van der Waals surface area (Å²) in [6, 6.07) is 16.3. The summed E-state index contributed by atoms with van der Waals surface area (Å²) in [5.74, 6) is 0.884. The van der Waals surface area contributed by atoms with Crippen molar-refractivity contribution >= 4 is 21.6 Å². The lowest BCUT2D eigenvalue weighted by Crippen LogP contribution is -2.40. The molecule has 2 aromatic carbocycles. The van der Waals surface area contributed by atoms with Crippen LogP contribution in [0.15, 0.2) is 53.0 Å². The molecule has 1 atom stereocenters. The Labute approximate surface area is 115 Å². The lowest BCUT2D eigenvalue weighted by molar-refractivity contribution is 0.0929. The number of hydrogen-bond acceptors (Lipinski definition) is 2. The van der Waals surface area contributed by atoms with Gasteiger partial charge in [0.05, 0.1) is 16.7 Å². The smallest absolute Gasteiger partial charge is 0.158 e. The summed E-state index contributed by atoms with van der Waals surface area (Å²) in [4.78, 5) is 0. The highest BCUT2D eigenvalue weighted by atomic mass is 79.9. The van der Waals surface area contributed by atoms with Crippen molar-refractivity contribution in [1.82, 2.24) is 0 Å². The predicted octanol–water partition coefficient (Wildman–Crippen LogP) is 4.17. The molecule has 1 aliphatic rings. The predicted molar refractivity (Wildman–Crippen MR) is 77.1 cm³/mol. The third-order valence-corrected chi connectivity index (χ3v) is 3.92. The molecule has 0 fully saturated rings. The molecular weight excluding hydrogens is 290 g/mol. The minimum Gasteiger partial charge on any atom is -0.478 e. The Kier molecular flexibility index (Phi) is 2.78. The Morgan fingerprint density at radius 1 is 1.11 bits per heavy atom. The molecule has 3 rings (SSSR count). The van der Waals surface area contributed by atoms with E-state index in [1.54, 1.807) is 0 Å². The summed E-state index contributed by atoms with van der Waals surface area (Å²) < 4.78 is 7.21. The van der Waals surface area contributed by atoms with Gasteiger partial charge in [-0.1, -0.05) is 36.4 Å². The maximum atomic E-state index is 6.23. The van der Waals surface area contributed by atoms with Gasteiger partial charge in [0.15, 0.2) is 5.75 Å². The third kappa shape index (κ3) is 1.89. The van der Waals surface area contributed by atoms with Gasteiger partial charge in [-0.15, -0.1) is 0 Å². The van der Waals surface area contributed by atoms with Crippen LogP contribution in [-0.4, -0.2) is 6.54 Å². The maximum absolute atomic E-state index is 6.23. The highest BCUT2D eigenvalue weighted by Crippen LogP contribution is 2.42. The molecule has 18 heavy (non-hydrogen) atoms. The quantitative estimate of drug-likeness (QED) is 0.854. The van der Waals surface area contributed by atoms with Crippen LogP contribution < -0.4 is 10.1 Å². The first-order valence-corrected chi connectivity index (χ1v) is 6.75. The van der Waals surface area contributed by atoms with Crippen molar-refractivity contribution < 1.29 is 4.74 Å². The van der Waals surface area contributed by atoms with Crippen LogP contribution in [0.4, 0.5) is 5.69 Å². The molecule has 0 aromatic heterocycles. The van der Waals surface area contributed by atoms with Gasteiger partial charge in [-0.3, -0.25) is 0 Å². The van der Waals surface area contributed by atoms with Crippen molar-refractivity contribution in [2.45, 2.75) is 12.5 Å². The number of halogens is 1. The van der Waals surface area contributed by atoms with Gasteiger partial charge in [-0.05, 0) is 40.5 Å². The van der Waals surface area contributed by atoms with Gasteiger partial charge in [-0.2, -0.15) is 0 Å². The lowest BCUT2D eigenvalue weighted by atomic mass is 9.94. The molecule has 92 valence electrons. The van der Waals surface area contributed by atoms with E-state index in [1.807, 2.05) is 36.4 Å². The zero-order chi connectivity index (χ0) is 12.6. The first-order chi connectivity index (χ1) is 8.69. The largest absolute Gasteiger partial charge is 0.478 e. The number of para-hydroxylation sites is 1. The third-order valence-electron chi connectivity index (χ3n) is 3.29. The fourth-order valence-electron chi connectivity index (χ4n) is 2.23. The summed E-state index contributed by atoms with van der Waals surface area (Å²) in [6.07, 6.45) is 0. The first kappa shape index (κ1) is 11.6. The summed E-state index contributed by atoms with van der Waals surface area (Å²) in [5, 5.41) is 3.44. The van der Waals surface area contributed by atoms with E-state index < -0.39 is 0 Å². The van der Waals surface area contributed by atoms with Crippen molar-refractivity contribution in [2.75, 3.05) is 11.9 Å². The van der Waals surface area contributed by atoms with Crippen LogP contribution >= 0.6 is 15.9 Å². The molecule has 0 radical (unpaired) electrons. The van der Waals surface area contributed by atoms with Gasteiger partial charge >= 0.3 is 0 Å². The van der Waals surface area contributed by atoms with E-state index in [2.05, 4.69) is 40.3 Å². The molecule has 0 saturated heterocycles. The second-order valence-electron chi connectivity index (χ2n) is 4.67. The van der Waals surface area contributed by atoms with Gasteiger partial charge in [0.25, 0.3) is 0 Å². The SMILES string of the molecule is CC1(c2ccccc2)CNc2cccc(Br)c2O1. The van der Waals surface area contributed by atoms with E-state index in [-0.39, 0.29) is 5.60 Å². The highest BCUT2D eigenvalue weighted by molar-refractivity contribution is 9.10. The average molecular weight is 304 g/mol. The standard InChI is InChI=1S/C15H14BrNO/c1-15(11-6-3-2-4-7-11)10-17-13-9-5-8-12(16)14(13)18-15/h2-9,17H,10H2,1H3. The van der Waals surface area contributed by atoms with Crippen LogP contribution in [0.25, 0.3) is 0 Å². The molecule has 1 unspecified atom stereocenters. The average Bonchev–Trinajstić information content (AvgIpc) is 2.41. The molecular formula is C15H14BrNO. The summed E-state index contributed by atoms with van der Waals surface area (Å²) >= 11 is 3.54. The molecule has 2 nitrogen and oxygen atoms in total. The molecule has 1 aliphatic heterocycles. The topological polar surface area (TPSA) is 21.3 Å². The lowest BCUT2D eigenvalue weighted by Gasteiger charge is -2.37. The van der Waals surface area contributed by atoms with Gasteiger partial charge in [0, 0.05) is 0 Å². The van der Waals surface area contributed by atoms with E-state index in [9.17, 15) is 0 Å². The second-order valence-corrected chi connectivity index (χ2v) is 5.52. The number of fused-ring (bicyclic) bond motifs is 1. The van der Waals surface area contributed by atoms with Crippen LogP contribution in [0.5, 0.6) is 5.75 Å². The number of rotatable bonds is 1. The fourth-order valence-corrected chi connectivity index (χ4v) is 2.68. The molecule has 1 N–H and O–H groups in total.